The van der Waals surface area contributed by atoms with E-state index in [0.717, 1.165) is 47.7 Å². The third kappa shape index (κ3) is 6.12. The summed E-state index contributed by atoms with van der Waals surface area (Å²) < 4.78 is 20.1. The fourth-order valence-corrected chi connectivity index (χ4v) is 3.80. The average molecular weight is 473 g/mol. The van der Waals surface area contributed by atoms with E-state index in [0.29, 0.717) is 24.4 Å². The summed E-state index contributed by atoms with van der Waals surface area (Å²) in [7, 11) is 1.63. The minimum atomic E-state index is -0.226. The Morgan fingerprint density at radius 1 is 1.03 bits per heavy atom. The molecular weight excluding hydrogens is 443 g/mol. The highest BCUT2D eigenvalue weighted by molar-refractivity contribution is 5.95. The molecule has 0 fully saturated rings. The van der Waals surface area contributed by atoms with Crippen LogP contribution < -0.4 is 10.1 Å². The first-order valence-electron chi connectivity index (χ1n) is 11.8. The molecule has 6 nitrogen and oxygen atoms in total. The lowest BCUT2D eigenvalue weighted by Gasteiger charge is -2.09. The lowest BCUT2D eigenvalue weighted by molar-refractivity contribution is 0.0953. The monoisotopic (exact) mass is 472 g/mol. The number of unbranched alkanes of at least 4 members (excludes halogenated alkanes) is 1. The van der Waals surface area contributed by atoms with Gasteiger partial charge in [0, 0.05) is 24.1 Å². The number of nitrogens with zero attached hydrogens (tertiary/aromatic N) is 3. The number of rotatable bonds is 10. The van der Waals surface area contributed by atoms with Crippen molar-refractivity contribution in [3.8, 4) is 22.8 Å². The van der Waals surface area contributed by atoms with Gasteiger partial charge in [-0.2, -0.15) is 5.10 Å². The molecule has 0 saturated carbocycles. The van der Waals surface area contributed by atoms with Crippen LogP contribution in [-0.4, -0.2) is 34.3 Å². The summed E-state index contributed by atoms with van der Waals surface area (Å²) >= 11 is 0. The molecule has 0 unspecified atom stereocenters. The summed E-state index contributed by atoms with van der Waals surface area (Å²) in [5.74, 6) is 1.83. The van der Waals surface area contributed by atoms with Crippen LogP contribution in [0.25, 0.3) is 17.1 Å². The summed E-state index contributed by atoms with van der Waals surface area (Å²) in [4.78, 5) is 17.5. The Labute approximate surface area is 204 Å². The van der Waals surface area contributed by atoms with E-state index in [2.05, 4.69) is 10.4 Å². The third-order valence-corrected chi connectivity index (χ3v) is 5.76. The van der Waals surface area contributed by atoms with Gasteiger partial charge in [0.1, 0.15) is 11.6 Å². The number of halogens is 1. The van der Waals surface area contributed by atoms with Gasteiger partial charge < -0.3 is 10.1 Å². The number of nitrogens with one attached hydrogen (secondary N) is 1. The Hall–Kier alpha value is -4.00. The van der Waals surface area contributed by atoms with E-state index in [1.54, 1.807) is 30.0 Å². The molecule has 0 saturated heterocycles. The number of methoxy groups -OCH3 is 1. The summed E-state index contributed by atoms with van der Waals surface area (Å²) in [5.41, 5.74) is 3.35. The molecule has 35 heavy (non-hydrogen) atoms. The van der Waals surface area contributed by atoms with E-state index < -0.39 is 0 Å². The van der Waals surface area contributed by atoms with Crippen molar-refractivity contribution < 1.29 is 13.9 Å². The van der Waals surface area contributed by atoms with Gasteiger partial charge in [-0.05, 0) is 73.4 Å². The molecule has 180 valence electrons. The molecule has 0 aliphatic rings. The minimum Gasteiger partial charge on any atom is -0.497 e. The third-order valence-electron chi connectivity index (χ3n) is 5.76. The fraction of sp³-hybridized carbons (Fsp3) is 0.250. The van der Waals surface area contributed by atoms with Gasteiger partial charge in [-0.25, -0.2) is 14.1 Å². The molecule has 7 heteroatoms. The highest BCUT2D eigenvalue weighted by atomic mass is 19.1. The molecule has 0 bridgehead atoms. The Balaban J connectivity index is 1.42. The average Bonchev–Trinajstić information content (AvgIpc) is 3.34. The Kier molecular flexibility index (Phi) is 7.88. The molecule has 1 N–H and O–H groups in total. The SMILES string of the molecule is CCc1nc(-c2cccc(C(=O)NCCCCc3ccc(F)cc3)c2)n(-c2ccc(OC)cc2)n1. The first-order chi connectivity index (χ1) is 17.1. The number of ether oxygens (including phenoxy) is 1. The summed E-state index contributed by atoms with van der Waals surface area (Å²) in [6.45, 7) is 2.59. The Morgan fingerprint density at radius 2 is 1.80 bits per heavy atom. The van der Waals surface area contributed by atoms with Crippen molar-refractivity contribution in [1.29, 1.82) is 0 Å². The molecule has 4 rings (SSSR count). The second-order valence-electron chi connectivity index (χ2n) is 8.24. The van der Waals surface area contributed by atoms with Crippen LogP contribution in [0.4, 0.5) is 4.39 Å². The molecular formula is C28H29FN4O2. The number of aryl methyl sites for hydroxylation is 2. The second kappa shape index (κ2) is 11.4. The van der Waals surface area contributed by atoms with Crippen LogP contribution in [0, 0.1) is 5.82 Å². The zero-order chi connectivity index (χ0) is 24.6. The molecule has 1 heterocycles. The summed E-state index contributed by atoms with van der Waals surface area (Å²) in [6, 6.07) is 21.6. The van der Waals surface area contributed by atoms with Crippen LogP contribution >= 0.6 is 0 Å². The van der Waals surface area contributed by atoms with Crippen LogP contribution in [0.15, 0.2) is 72.8 Å². The number of aromatic nitrogens is 3. The molecule has 4 aromatic rings. The number of carbonyl (C=O) groups is 1. The van der Waals surface area contributed by atoms with Gasteiger partial charge >= 0.3 is 0 Å². The molecule has 0 spiro atoms. The highest BCUT2D eigenvalue weighted by Crippen LogP contribution is 2.24. The molecule has 0 radical (unpaired) electrons. The second-order valence-corrected chi connectivity index (χ2v) is 8.24. The zero-order valence-corrected chi connectivity index (χ0v) is 20.0. The van der Waals surface area contributed by atoms with E-state index in [1.165, 1.54) is 12.1 Å². The standard InChI is InChI=1S/C28H29FN4O2/c1-3-26-31-27(33(32-26)24-14-16-25(35-2)17-15-24)21-8-6-9-22(19-21)28(34)30-18-5-4-7-20-10-12-23(29)13-11-20/h6,8-17,19H,3-5,7,18H2,1-2H3,(H,30,34). The molecule has 3 aromatic carbocycles. The quantitative estimate of drug-likeness (QED) is 0.314. The van der Waals surface area contributed by atoms with Gasteiger partial charge in [0.05, 0.1) is 12.8 Å². The van der Waals surface area contributed by atoms with E-state index in [4.69, 9.17) is 9.72 Å². The Morgan fingerprint density at radius 3 is 2.51 bits per heavy atom. The van der Waals surface area contributed by atoms with Crippen LogP contribution in [0.1, 0.15) is 41.5 Å². The van der Waals surface area contributed by atoms with Gasteiger partial charge in [0.15, 0.2) is 11.6 Å². The molecule has 1 amide bonds. The lowest BCUT2D eigenvalue weighted by atomic mass is 10.1. The van der Waals surface area contributed by atoms with Crippen molar-refractivity contribution in [2.75, 3.05) is 13.7 Å². The number of amides is 1. The highest BCUT2D eigenvalue weighted by Gasteiger charge is 2.15. The predicted octanol–water partition coefficient (Wildman–Crippen LogP) is 5.40. The van der Waals surface area contributed by atoms with Crippen LogP contribution in [0.2, 0.25) is 0 Å². The van der Waals surface area contributed by atoms with Crippen molar-refractivity contribution in [2.24, 2.45) is 0 Å². The van der Waals surface area contributed by atoms with Crippen LogP contribution in [-0.2, 0) is 12.8 Å². The Bertz CT molecular complexity index is 1270. The maximum absolute atomic E-state index is 13.0. The van der Waals surface area contributed by atoms with Crippen molar-refractivity contribution in [3.05, 3.63) is 95.6 Å². The van der Waals surface area contributed by atoms with E-state index >= 15 is 0 Å². The molecule has 0 aliphatic carbocycles. The summed E-state index contributed by atoms with van der Waals surface area (Å²) in [6.07, 6.45) is 3.31. The van der Waals surface area contributed by atoms with Gasteiger partial charge in [0.25, 0.3) is 5.91 Å². The van der Waals surface area contributed by atoms with E-state index in [1.807, 2.05) is 49.4 Å². The van der Waals surface area contributed by atoms with Gasteiger partial charge in [0.2, 0.25) is 0 Å². The van der Waals surface area contributed by atoms with Gasteiger partial charge in [-0.1, -0.05) is 31.2 Å². The normalized spacial score (nSPS) is 10.8. The molecule has 1 aromatic heterocycles. The molecule has 0 atom stereocenters. The number of benzene rings is 3. The fourth-order valence-electron chi connectivity index (χ4n) is 3.80. The van der Waals surface area contributed by atoms with Gasteiger partial charge in [-0.15, -0.1) is 0 Å². The number of carbonyl (C=O) groups excluding carboxylic acids is 1. The first kappa shape index (κ1) is 24.1. The summed E-state index contributed by atoms with van der Waals surface area (Å²) in [5, 5.41) is 7.64. The van der Waals surface area contributed by atoms with Crippen molar-refractivity contribution >= 4 is 5.91 Å². The maximum atomic E-state index is 13.0. The largest absolute Gasteiger partial charge is 0.497 e. The minimum absolute atomic E-state index is 0.125. The molecule has 0 aliphatic heterocycles. The first-order valence-corrected chi connectivity index (χ1v) is 11.8. The smallest absolute Gasteiger partial charge is 0.251 e. The maximum Gasteiger partial charge on any atom is 0.251 e. The predicted molar refractivity (Wildman–Crippen MR) is 134 cm³/mol. The van der Waals surface area contributed by atoms with Crippen LogP contribution in [0.5, 0.6) is 5.75 Å². The number of hydrogen-bond acceptors (Lipinski definition) is 4. The van der Waals surface area contributed by atoms with Crippen molar-refractivity contribution in [3.63, 3.8) is 0 Å². The van der Waals surface area contributed by atoms with Gasteiger partial charge in [-0.3, -0.25) is 4.79 Å². The zero-order valence-electron chi connectivity index (χ0n) is 20.0. The lowest BCUT2D eigenvalue weighted by Crippen LogP contribution is -2.24. The topological polar surface area (TPSA) is 69.0 Å². The van der Waals surface area contributed by atoms with E-state index in [9.17, 15) is 9.18 Å². The van der Waals surface area contributed by atoms with E-state index in [-0.39, 0.29) is 11.7 Å². The number of hydrogen-bond donors (Lipinski definition) is 1. The van der Waals surface area contributed by atoms with Crippen molar-refractivity contribution in [2.45, 2.75) is 32.6 Å². The van der Waals surface area contributed by atoms with Crippen molar-refractivity contribution in [1.82, 2.24) is 20.1 Å². The van der Waals surface area contributed by atoms with Crippen LogP contribution in [0.3, 0.4) is 0 Å².